The molecule has 0 amide bonds. The van der Waals surface area contributed by atoms with Gasteiger partial charge in [0.2, 0.25) is 5.78 Å². The van der Waals surface area contributed by atoms with Crippen LogP contribution < -0.4 is 10.4 Å². The molecule has 2 aliphatic carbocycles. The molecule has 2 fully saturated rings. The van der Waals surface area contributed by atoms with E-state index in [1.54, 1.807) is 27.7 Å². The van der Waals surface area contributed by atoms with Gasteiger partial charge in [0.05, 0.1) is 11.0 Å². The molecule has 6 atom stereocenters. The lowest BCUT2D eigenvalue weighted by Gasteiger charge is -2.47. The van der Waals surface area contributed by atoms with Crippen molar-refractivity contribution in [2.45, 2.75) is 77.3 Å². The molecular weight excluding hydrogens is 392 g/mol. The second-order valence-electron chi connectivity index (χ2n) is 9.89. The molecule has 0 aromatic carbocycles. The molecule has 2 saturated carbocycles. The van der Waals surface area contributed by atoms with E-state index in [0.29, 0.717) is 11.3 Å². The average Bonchev–Trinajstić information content (AvgIpc) is 2.80. The summed E-state index contributed by atoms with van der Waals surface area (Å²) in [5.74, 6) is -2.49. The van der Waals surface area contributed by atoms with E-state index in [1.807, 2.05) is 0 Å². The Labute approximate surface area is 173 Å². The maximum Gasteiger partial charge on any atom is 0.342 e. The lowest BCUT2D eigenvalue weighted by molar-refractivity contribution is -0.201. The molecule has 1 aliphatic heterocycles. The number of ether oxygens (including phenoxy) is 1. The van der Waals surface area contributed by atoms with Gasteiger partial charge >= 0.3 is 5.63 Å². The largest absolute Gasteiger partial charge is 0.483 e. The molecule has 1 aromatic rings. The quantitative estimate of drug-likeness (QED) is 0.556. The highest BCUT2D eigenvalue weighted by Crippen LogP contribution is 2.60. The molecule has 0 spiro atoms. The van der Waals surface area contributed by atoms with Crippen LogP contribution in [0.25, 0.3) is 0 Å². The fourth-order valence-corrected chi connectivity index (χ4v) is 5.86. The van der Waals surface area contributed by atoms with E-state index in [-0.39, 0.29) is 17.7 Å². The smallest absolute Gasteiger partial charge is 0.342 e. The summed E-state index contributed by atoms with van der Waals surface area (Å²) in [6.07, 6.45) is -2.19. The van der Waals surface area contributed by atoms with Crippen molar-refractivity contribution < 1.29 is 34.1 Å². The predicted molar refractivity (Wildman–Crippen MR) is 104 cm³/mol. The molecule has 8 heteroatoms. The van der Waals surface area contributed by atoms with Crippen LogP contribution >= 0.6 is 0 Å². The van der Waals surface area contributed by atoms with Crippen LogP contribution in [0.5, 0.6) is 5.75 Å². The first-order valence-electron chi connectivity index (χ1n) is 10.2. The van der Waals surface area contributed by atoms with E-state index >= 15 is 0 Å². The van der Waals surface area contributed by atoms with Crippen LogP contribution in [0.15, 0.2) is 9.21 Å². The van der Waals surface area contributed by atoms with Gasteiger partial charge < -0.3 is 24.5 Å². The zero-order valence-electron chi connectivity index (χ0n) is 18.0. The Morgan fingerprint density at radius 1 is 1.07 bits per heavy atom. The summed E-state index contributed by atoms with van der Waals surface area (Å²) in [6, 6.07) is 0. The Morgan fingerprint density at radius 3 is 2.27 bits per heavy atom. The van der Waals surface area contributed by atoms with Gasteiger partial charge in [0, 0.05) is 17.9 Å². The topological polar surface area (TPSA) is 134 Å². The fraction of sp³-hybridized carbons (Fsp3) is 0.682. The second-order valence-corrected chi connectivity index (χ2v) is 9.89. The van der Waals surface area contributed by atoms with Crippen molar-refractivity contribution in [2.75, 3.05) is 0 Å². The van der Waals surface area contributed by atoms with Gasteiger partial charge in [-0.2, -0.15) is 0 Å². The monoisotopic (exact) mass is 420 g/mol. The Kier molecular flexibility index (Phi) is 4.11. The molecule has 2 heterocycles. The maximum absolute atomic E-state index is 13.5. The normalized spacial score (nSPS) is 42.1. The Morgan fingerprint density at radius 2 is 1.67 bits per heavy atom. The van der Waals surface area contributed by atoms with Crippen molar-refractivity contribution in [3.8, 4) is 5.75 Å². The van der Waals surface area contributed by atoms with Crippen molar-refractivity contribution in [3.05, 3.63) is 27.3 Å². The summed E-state index contributed by atoms with van der Waals surface area (Å²) >= 11 is 0. The first-order chi connectivity index (χ1) is 13.6. The summed E-state index contributed by atoms with van der Waals surface area (Å²) in [6.45, 7) is 9.30. The molecule has 0 bridgehead atoms. The van der Waals surface area contributed by atoms with Gasteiger partial charge in [0.1, 0.15) is 28.5 Å². The number of fused-ring (bicyclic) bond motifs is 3. The molecule has 3 aliphatic rings. The van der Waals surface area contributed by atoms with E-state index in [2.05, 4.69) is 0 Å². The van der Waals surface area contributed by atoms with Gasteiger partial charge in [-0.15, -0.1) is 0 Å². The zero-order valence-corrected chi connectivity index (χ0v) is 18.0. The minimum atomic E-state index is -2.50. The number of aryl methyl sites for hydroxylation is 1. The number of rotatable bonds is 0. The van der Waals surface area contributed by atoms with Crippen molar-refractivity contribution >= 4 is 11.6 Å². The standard InChI is InChI=1S/C22H28O8/c1-9-11(3)29-18(26)12-7-13-10(2)21(27)8-14(23)19(4,5)22(21,28)17(25)16(24)20(13,6)30-15(9)12/h10,13,16,24,27-28H,7-8H2,1-6H3. The van der Waals surface area contributed by atoms with Gasteiger partial charge in [0.15, 0.2) is 11.7 Å². The summed E-state index contributed by atoms with van der Waals surface area (Å²) in [7, 11) is 0. The summed E-state index contributed by atoms with van der Waals surface area (Å²) in [4.78, 5) is 38.7. The minimum Gasteiger partial charge on any atom is -0.483 e. The fourth-order valence-electron chi connectivity index (χ4n) is 5.86. The predicted octanol–water partition coefficient (Wildman–Crippen LogP) is 0.607. The maximum atomic E-state index is 13.5. The minimum absolute atomic E-state index is 0.0633. The van der Waals surface area contributed by atoms with Gasteiger partial charge in [-0.25, -0.2) is 4.79 Å². The molecule has 8 nitrogen and oxygen atoms in total. The molecule has 4 rings (SSSR count). The molecule has 6 unspecified atom stereocenters. The third-order valence-electron chi connectivity index (χ3n) is 8.28. The molecule has 1 aromatic heterocycles. The van der Waals surface area contributed by atoms with Gasteiger partial charge in [-0.05, 0) is 47.0 Å². The first-order valence-corrected chi connectivity index (χ1v) is 10.2. The van der Waals surface area contributed by atoms with Crippen molar-refractivity contribution in [1.29, 1.82) is 0 Å². The molecule has 164 valence electrons. The molecule has 30 heavy (non-hydrogen) atoms. The summed E-state index contributed by atoms with van der Waals surface area (Å²) in [5.41, 5.74) is -7.49. The number of carbonyl (C=O) groups excluding carboxylic acids is 2. The molecule has 3 N–H and O–H groups in total. The average molecular weight is 420 g/mol. The number of Topliss-reactive ketones (excluding diaryl/α,β-unsaturated/α-hetero) is 2. The summed E-state index contributed by atoms with van der Waals surface area (Å²) in [5, 5.41) is 34.4. The molecular formula is C22H28O8. The Hall–Kier alpha value is -2.03. The second kappa shape index (κ2) is 5.81. The lowest BCUT2D eigenvalue weighted by Crippen LogP contribution is -2.66. The van der Waals surface area contributed by atoms with E-state index in [9.17, 15) is 29.7 Å². The van der Waals surface area contributed by atoms with Crippen LogP contribution in [0.4, 0.5) is 0 Å². The summed E-state index contributed by atoms with van der Waals surface area (Å²) < 4.78 is 11.4. The number of carbonyl (C=O) groups is 2. The third-order valence-corrected chi connectivity index (χ3v) is 8.28. The van der Waals surface area contributed by atoms with E-state index < -0.39 is 63.8 Å². The highest BCUT2D eigenvalue weighted by atomic mass is 16.5. The van der Waals surface area contributed by atoms with E-state index in [4.69, 9.17) is 9.15 Å². The highest BCUT2D eigenvalue weighted by molar-refractivity contribution is 6.05. The number of hydrogen-bond acceptors (Lipinski definition) is 8. The Balaban J connectivity index is 1.98. The van der Waals surface area contributed by atoms with Gasteiger partial charge in [-0.1, -0.05) is 6.92 Å². The van der Waals surface area contributed by atoms with Crippen molar-refractivity contribution in [3.63, 3.8) is 0 Å². The number of ketones is 2. The molecule has 0 saturated heterocycles. The third kappa shape index (κ3) is 2.09. The van der Waals surface area contributed by atoms with Crippen molar-refractivity contribution in [2.24, 2.45) is 17.3 Å². The van der Waals surface area contributed by atoms with E-state index in [1.165, 1.54) is 13.8 Å². The lowest BCUT2D eigenvalue weighted by atomic mass is 9.64. The Bertz CT molecular complexity index is 1040. The number of hydrogen-bond donors (Lipinski definition) is 3. The number of aliphatic hydroxyl groups excluding tert-OH is 1. The van der Waals surface area contributed by atoms with Crippen LogP contribution in [0.3, 0.4) is 0 Å². The highest BCUT2D eigenvalue weighted by Gasteiger charge is 2.78. The van der Waals surface area contributed by atoms with Gasteiger partial charge in [0.25, 0.3) is 0 Å². The van der Waals surface area contributed by atoms with Crippen LogP contribution in [-0.2, 0) is 16.0 Å². The van der Waals surface area contributed by atoms with Crippen molar-refractivity contribution in [1.82, 2.24) is 0 Å². The van der Waals surface area contributed by atoms with Crippen LogP contribution in [0.1, 0.15) is 51.0 Å². The SMILES string of the molecule is Cc1oc(=O)c2c(c1C)OC1(C)C(O)C(=O)C3(O)C(C)(C)C(=O)CC3(O)C(C)C1C2. The van der Waals surface area contributed by atoms with Crippen LogP contribution in [0, 0.1) is 31.1 Å². The number of aliphatic hydroxyl groups is 3. The first kappa shape index (κ1) is 21.2. The van der Waals surface area contributed by atoms with E-state index in [0.717, 1.165) is 0 Å². The van der Waals surface area contributed by atoms with Crippen LogP contribution in [-0.4, -0.2) is 49.8 Å². The molecule has 0 radical (unpaired) electrons. The van der Waals surface area contributed by atoms with Gasteiger partial charge in [-0.3, -0.25) is 9.59 Å². The zero-order chi connectivity index (χ0) is 22.6. The van der Waals surface area contributed by atoms with Crippen LogP contribution in [0.2, 0.25) is 0 Å².